The van der Waals surface area contributed by atoms with Gasteiger partial charge in [0.15, 0.2) is 0 Å². The van der Waals surface area contributed by atoms with Gasteiger partial charge in [-0.05, 0) is 32.6 Å². The zero-order valence-corrected chi connectivity index (χ0v) is 10.5. The molecule has 0 aromatic carbocycles. The maximum absolute atomic E-state index is 6.09. The molecule has 0 radical (unpaired) electrons. The number of anilines is 2. The summed E-state index contributed by atoms with van der Waals surface area (Å²) in [5.41, 5.74) is 7.86. The van der Waals surface area contributed by atoms with Gasteiger partial charge in [-0.3, -0.25) is 4.68 Å². The van der Waals surface area contributed by atoms with E-state index in [9.17, 15) is 0 Å². The summed E-state index contributed by atoms with van der Waals surface area (Å²) in [6, 6.07) is 0. The van der Waals surface area contributed by atoms with Gasteiger partial charge in [-0.1, -0.05) is 6.42 Å². The Morgan fingerprint density at radius 3 is 2.56 bits per heavy atom. The van der Waals surface area contributed by atoms with Gasteiger partial charge in [-0.2, -0.15) is 5.10 Å². The lowest BCUT2D eigenvalue weighted by molar-refractivity contribution is 0.317. The molecular formula is C12H22N4. The van der Waals surface area contributed by atoms with Crippen molar-refractivity contribution in [1.29, 1.82) is 0 Å². The minimum atomic E-state index is 0.837. The molecule has 90 valence electrons. The first-order valence-corrected chi connectivity index (χ1v) is 6.17. The Labute approximate surface area is 97.4 Å². The van der Waals surface area contributed by atoms with Crippen LogP contribution in [0, 0.1) is 12.8 Å². The number of hydrogen-bond donors (Lipinski definition) is 1. The Morgan fingerprint density at radius 1 is 1.50 bits per heavy atom. The van der Waals surface area contributed by atoms with E-state index in [1.54, 1.807) is 0 Å². The number of nitrogens with two attached hydrogens (primary N) is 1. The molecule has 0 atom stereocenters. The third-order valence-corrected chi connectivity index (χ3v) is 3.62. The lowest BCUT2D eigenvalue weighted by atomic mass is 9.85. The summed E-state index contributed by atoms with van der Waals surface area (Å²) in [5.74, 6) is 1.95. The SMILES string of the molecule is CCN(CC1CCC1)c1c(N)c(C)nn1C. The molecule has 0 spiro atoms. The smallest absolute Gasteiger partial charge is 0.150 e. The highest BCUT2D eigenvalue weighted by Crippen LogP contribution is 2.31. The Hall–Kier alpha value is -1.19. The van der Waals surface area contributed by atoms with E-state index in [1.807, 2.05) is 18.7 Å². The summed E-state index contributed by atoms with van der Waals surface area (Å²) in [5, 5.41) is 4.38. The van der Waals surface area contributed by atoms with Crippen molar-refractivity contribution in [3.05, 3.63) is 5.69 Å². The fourth-order valence-corrected chi connectivity index (χ4v) is 2.39. The largest absolute Gasteiger partial charge is 0.394 e. The predicted octanol–water partition coefficient (Wildman–Crippen LogP) is 1.94. The van der Waals surface area contributed by atoms with Gasteiger partial charge in [0.05, 0.1) is 11.4 Å². The fraction of sp³-hybridized carbons (Fsp3) is 0.750. The quantitative estimate of drug-likeness (QED) is 0.847. The third-order valence-electron chi connectivity index (χ3n) is 3.62. The van der Waals surface area contributed by atoms with E-state index in [2.05, 4.69) is 16.9 Å². The van der Waals surface area contributed by atoms with Gasteiger partial charge in [-0.25, -0.2) is 0 Å². The van der Waals surface area contributed by atoms with E-state index in [1.165, 1.54) is 19.3 Å². The first-order chi connectivity index (χ1) is 7.63. The number of nitrogens with zero attached hydrogens (tertiary/aromatic N) is 3. The maximum atomic E-state index is 6.09. The summed E-state index contributed by atoms with van der Waals surface area (Å²) in [7, 11) is 1.97. The summed E-state index contributed by atoms with van der Waals surface area (Å²) < 4.78 is 1.91. The zero-order chi connectivity index (χ0) is 11.7. The second-order valence-electron chi connectivity index (χ2n) is 4.78. The highest BCUT2D eigenvalue weighted by molar-refractivity contribution is 5.66. The Bertz CT molecular complexity index is 365. The van der Waals surface area contributed by atoms with Gasteiger partial charge in [0.2, 0.25) is 0 Å². The van der Waals surface area contributed by atoms with Crippen LogP contribution < -0.4 is 10.6 Å². The molecule has 4 nitrogen and oxygen atoms in total. The van der Waals surface area contributed by atoms with Gasteiger partial charge >= 0.3 is 0 Å². The monoisotopic (exact) mass is 222 g/mol. The van der Waals surface area contributed by atoms with E-state index in [0.29, 0.717) is 0 Å². The summed E-state index contributed by atoms with van der Waals surface area (Å²) in [6.45, 7) is 6.27. The van der Waals surface area contributed by atoms with Crippen molar-refractivity contribution in [1.82, 2.24) is 9.78 Å². The van der Waals surface area contributed by atoms with Crippen LogP contribution in [0.4, 0.5) is 11.5 Å². The third kappa shape index (κ3) is 1.88. The van der Waals surface area contributed by atoms with Crippen LogP contribution in [0.5, 0.6) is 0 Å². The van der Waals surface area contributed by atoms with Crippen LogP contribution in [-0.4, -0.2) is 22.9 Å². The van der Waals surface area contributed by atoms with Crippen LogP contribution in [0.15, 0.2) is 0 Å². The molecule has 4 heteroatoms. The van der Waals surface area contributed by atoms with Crippen molar-refractivity contribution < 1.29 is 0 Å². The number of aryl methyl sites for hydroxylation is 2. The Morgan fingerprint density at radius 2 is 2.19 bits per heavy atom. The first kappa shape index (κ1) is 11.3. The van der Waals surface area contributed by atoms with Crippen molar-refractivity contribution in [2.45, 2.75) is 33.1 Å². The molecule has 16 heavy (non-hydrogen) atoms. The van der Waals surface area contributed by atoms with Crippen molar-refractivity contribution in [3.8, 4) is 0 Å². The molecule has 1 fully saturated rings. The van der Waals surface area contributed by atoms with Crippen molar-refractivity contribution in [2.75, 3.05) is 23.7 Å². The lowest BCUT2D eigenvalue weighted by Crippen LogP contribution is -2.34. The zero-order valence-electron chi connectivity index (χ0n) is 10.5. The minimum Gasteiger partial charge on any atom is -0.394 e. The molecule has 1 heterocycles. The molecule has 0 amide bonds. The molecule has 1 aromatic heterocycles. The molecule has 2 rings (SSSR count). The topological polar surface area (TPSA) is 47.1 Å². The highest BCUT2D eigenvalue weighted by atomic mass is 15.4. The van der Waals surface area contributed by atoms with Gasteiger partial charge < -0.3 is 10.6 Å². The highest BCUT2D eigenvalue weighted by Gasteiger charge is 2.23. The normalized spacial score (nSPS) is 16.2. The average molecular weight is 222 g/mol. The van der Waals surface area contributed by atoms with Crippen LogP contribution in [0.25, 0.3) is 0 Å². The number of rotatable bonds is 4. The van der Waals surface area contributed by atoms with Gasteiger partial charge in [0.1, 0.15) is 5.82 Å². The number of hydrogen-bond acceptors (Lipinski definition) is 3. The van der Waals surface area contributed by atoms with Gasteiger partial charge in [-0.15, -0.1) is 0 Å². The number of aromatic nitrogens is 2. The molecule has 0 unspecified atom stereocenters. The van der Waals surface area contributed by atoms with Crippen LogP contribution in [-0.2, 0) is 7.05 Å². The molecule has 0 saturated heterocycles. The molecule has 1 aliphatic rings. The maximum Gasteiger partial charge on any atom is 0.150 e. The van der Waals surface area contributed by atoms with E-state index in [4.69, 9.17) is 5.73 Å². The summed E-state index contributed by atoms with van der Waals surface area (Å²) >= 11 is 0. The van der Waals surface area contributed by atoms with Crippen molar-refractivity contribution >= 4 is 11.5 Å². The lowest BCUT2D eigenvalue weighted by Gasteiger charge is -2.33. The number of nitrogen functional groups attached to an aromatic ring is 1. The molecule has 2 N–H and O–H groups in total. The van der Waals surface area contributed by atoms with E-state index >= 15 is 0 Å². The second-order valence-corrected chi connectivity index (χ2v) is 4.78. The molecule has 1 aromatic rings. The standard InChI is InChI=1S/C12H22N4/c1-4-16(8-10-6-5-7-10)12-11(13)9(2)14-15(12)3/h10H,4-8,13H2,1-3H3. The van der Waals surface area contributed by atoms with Gasteiger partial charge in [0, 0.05) is 20.1 Å². The predicted molar refractivity (Wildman–Crippen MR) is 67.6 cm³/mol. The first-order valence-electron chi connectivity index (χ1n) is 6.17. The summed E-state index contributed by atoms with van der Waals surface area (Å²) in [4.78, 5) is 2.36. The van der Waals surface area contributed by atoms with Crippen LogP contribution in [0.1, 0.15) is 31.9 Å². The van der Waals surface area contributed by atoms with Gasteiger partial charge in [0.25, 0.3) is 0 Å². The molecule has 1 saturated carbocycles. The Balaban J connectivity index is 2.17. The minimum absolute atomic E-state index is 0.837. The van der Waals surface area contributed by atoms with E-state index in [0.717, 1.165) is 36.2 Å². The van der Waals surface area contributed by atoms with Crippen LogP contribution >= 0.6 is 0 Å². The average Bonchev–Trinajstić information content (AvgIpc) is 2.42. The molecular weight excluding hydrogens is 200 g/mol. The Kier molecular flexibility index (Phi) is 3.08. The fourth-order valence-electron chi connectivity index (χ4n) is 2.39. The van der Waals surface area contributed by atoms with Crippen LogP contribution in [0.2, 0.25) is 0 Å². The molecule has 0 aliphatic heterocycles. The molecule has 0 bridgehead atoms. The molecule has 1 aliphatic carbocycles. The van der Waals surface area contributed by atoms with E-state index in [-0.39, 0.29) is 0 Å². The van der Waals surface area contributed by atoms with E-state index < -0.39 is 0 Å². The van der Waals surface area contributed by atoms with Crippen molar-refractivity contribution in [2.24, 2.45) is 13.0 Å². The van der Waals surface area contributed by atoms with Crippen molar-refractivity contribution in [3.63, 3.8) is 0 Å². The van der Waals surface area contributed by atoms with Crippen LogP contribution in [0.3, 0.4) is 0 Å². The second kappa shape index (κ2) is 4.36. The summed E-state index contributed by atoms with van der Waals surface area (Å²) in [6.07, 6.45) is 4.13.